The van der Waals surface area contributed by atoms with Crippen molar-refractivity contribution in [2.45, 2.75) is 52.6 Å². The van der Waals surface area contributed by atoms with Gasteiger partial charge in [0.05, 0.1) is 0 Å². The van der Waals surface area contributed by atoms with E-state index in [2.05, 4.69) is 16.0 Å². The molecule has 0 aromatic carbocycles. The van der Waals surface area contributed by atoms with Gasteiger partial charge in [-0.1, -0.05) is 27.2 Å². The van der Waals surface area contributed by atoms with E-state index >= 15 is 0 Å². The molecule has 7 nitrogen and oxygen atoms in total. The Morgan fingerprint density at radius 1 is 1.10 bits per heavy atom. The molecule has 3 atom stereocenters. The van der Waals surface area contributed by atoms with Crippen molar-refractivity contribution in [3.63, 3.8) is 0 Å². The molecule has 20 heavy (non-hydrogen) atoms. The quantitative estimate of drug-likeness (QED) is 0.527. The maximum absolute atomic E-state index is 11.7. The van der Waals surface area contributed by atoms with Crippen molar-refractivity contribution < 1.29 is 19.5 Å². The van der Waals surface area contributed by atoms with Crippen molar-refractivity contribution in [3.05, 3.63) is 0 Å². The highest BCUT2D eigenvalue weighted by Gasteiger charge is 2.26. The van der Waals surface area contributed by atoms with Crippen LogP contribution >= 0.6 is 0 Å². The Bertz CT molecular complexity index is 347. The molecule has 0 heterocycles. The van der Waals surface area contributed by atoms with Crippen LogP contribution in [0.1, 0.15) is 40.5 Å². The molecule has 0 spiro atoms. The second kappa shape index (κ2) is 9.17. The molecule has 0 rings (SSSR count). The monoisotopic (exact) mass is 287 g/mol. The van der Waals surface area contributed by atoms with E-state index in [9.17, 15) is 14.4 Å². The van der Waals surface area contributed by atoms with Gasteiger partial charge in [0.1, 0.15) is 12.1 Å². The van der Waals surface area contributed by atoms with Gasteiger partial charge in [-0.25, -0.2) is 9.59 Å². The molecule has 0 aromatic rings. The molecule has 7 heteroatoms. The summed E-state index contributed by atoms with van der Waals surface area (Å²) in [5.41, 5.74) is 0. The Hall–Kier alpha value is -1.79. The number of amides is 3. The Kier molecular flexibility index (Phi) is 8.35. The van der Waals surface area contributed by atoms with Crippen LogP contribution < -0.4 is 16.0 Å². The molecule has 3 amide bonds. The van der Waals surface area contributed by atoms with E-state index in [-0.39, 0.29) is 11.8 Å². The number of hydrogen-bond acceptors (Lipinski definition) is 3. The summed E-state index contributed by atoms with van der Waals surface area (Å²) >= 11 is 0. The Balaban J connectivity index is 4.38. The molecule has 0 bridgehead atoms. The van der Waals surface area contributed by atoms with Gasteiger partial charge in [0, 0.05) is 6.54 Å². The zero-order valence-corrected chi connectivity index (χ0v) is 12.5. The minimum Gasteiger partial charge on any atom is -0.480 e. The Labute approximate surface area is 119 Å². The highest BCUT2D eigenvalue weighted by Crippen LogP contribution is 2.07. The second-order valence-electron chi connectivity index (χ2n) is 4.83. The first-order valence-electron chi connectivity index (χ1n) is 6.90. The van der Waals surface area contributed by atoms with Crippen LogP contribution in [-0.2, 0) is 9.59 Å². The predicted molar refractivity (Wildman–Crippen MR) is 75.3 cm³/mol. The fourth-order valence-corrected chi connectivity index (χ4v) is 1.53. The third-order valence-electron chi connectivity index (χ3n) is 3.06. The maximum atomic E-state index is 11.7. The van der Waals surface area contributed by atoms with Crippen molar-refractivity contribution in [2.75, 3.05) is 6.54 Å². The molecule has 0 aliphatic carbocycles. The highest BCUT2D eigenvalue weighted by molar-refractivity contribution is 5.88. The van der Waals surface area contributed by atoms with E-state index in [1.54, 1.807) is 13.8 Å². The van der Waals surface area contributed by atoms with Gasteiger partial charge in [0.15, 0.2) is 0 Å². The molecular formula is C13H25N3O4. The average Bonchev–Trinajstić information content (AvgIpc) is 2.40. The number of carbonyl (C=O) groups is 3. The maximum Gasteiger partial charge on any atom is 0.326 e. The molecule has 0 saturated carbocycles. The fraction of sp³-hybridized carbons (Fsp3) is 0.769. The minimum atomic E-state index is -1.09. The predicted octanol–water partition coefficient (Wildman–Crippen LogP) is 0.700. The van der Waals surface area contributed by atoms with Gasteiger partial charge >= 0.3 is 12.0 Å². The first-order valence-corrected chi connectivity index (χ1v) is 6.90. The SMILES string of the molecule is CCCNC(=O)C(C)NC(=O)NC(C(=O)O)C(C)CC. The lowest BCUT2D eigenvalue weighted by Gasteiger charge is -2.21. The Morgan fingerprint density at radius 3 is 2.15 bits per heavy atom. The van der Waals surface area contributed by atoms with Crippen LogP contribution in [0, 0.1) is 5.92 Å². The molecule has 0 radical (unpaired) electrons. The van der Waals surface area contributed by atoms with Crippen molar-refractivity contribution in [2.24, 2.45) is 5.92 Å². The molecule has 0 aliphatic rings. The first-order chi connectivity index (χ1) is 9.33. The summed E-state index contributed by atoms with van der Waals surface area (Å²) in [5, 5.41) is 16.5. The van der Waals surface area contributed by atoms with Crippen molar-refractivity contribution >= 4 is 17.9 Å². The van der Waals surface area contributed by atoms with Crippen molar-refractivity contribution in [1.82, 2.24) is 16.0 Å². The van der Waals surface area contributed by atoms with Crippen LogP contribution in [0.3, 0.4) is 0 Å². The van der Waals surface area contributed by atoms with Crippen LogP contribution in [-0.4, -0.2) is 41.6 Å². The molecule has 0 fully saturated rings. The number of hydrogen-bond donors (Lipinski definition) is 4. The van der Waals surface area contributed by atoms with Crippen LogP contribution in [0.5, 0.6) is 0 Å². The normalized spacial score (nSPS) is 14.8. The number of carbonyl (C=O) groups excluding carboxylic acids is 2. The summed E-state index contributed by atoms with van der Waals surface area (Å²) < 4.78 is 0. The van der Waals surface area contributed by atoms with Crippen LogP contribution in [0.4, 0.5) is 4.79 Å². The van der Waals surface area contributed by atoms with Gasteiger partial charge in [0.2, 0.25) is 5.91 Å². The summed E-state index contributed by atoms with van der Waals surface area (Å²) in [6.45, 7) is 7.60. The van der Waals surface area contributed by atoms with E-state index in [0.717, 1.165) is 6.42 Å². The lowest BCUT2D eigenvalue weighted by molar-refractivity contribution is -0.140. The summed E-state index contributed by atoms with van der Waals surface area (Å²) in [6, 6.07) is -2.34. The average molecular weight is 287 g/mol. The van der Waals surface area contributed by atoms with Crippen LogP contribution in [0.15, 0.2) is 0 Å². The van der Waals surface area contributed by atoms with Gasteiger partial charge < -0.3 is 21.1 Å². The van der Waals surface area contributed by atoms with E-state index < -0.39 is 24.1 Å². The number of nitrogens with one attached hydrogen (secondary N) is 3. The largest absolute Gasteiger partial charge is 0.480 e. The van der Waals surface area contributed by atoms with E-state index in [4.69, 9.17) is 5.11 Å². The number of rotatable bonds is 8. The van der Waals surface area contributed by atoms with Gasteiger partial charge in [-0.05, 0) is 19.3 Å². The first kappa shape index (κ1) is 18.2. The Morgan fingerprint density at radius 2 is 1.70 bits per heavy atom. The van der Waals surface area contributed by atoms with E-state index in [1.807, 2.05) is 13.8 Å². The lowest BCUT2D eigenvalue weighted by atomic mass is 9.99. The third kappa shape index (κ3) is 6.40. The molecule has 3 unspecified atom stereocenters. The zero-order valence-electron chi connectivity index (χ0n) is 12.5. The number of aliphatic carboxylic acids is 1. The summed E-state index contributed by atoms with van der Waals surface area (Å²) in [7, 11) is 0. The van der Waals surface area contributed by atoms with E-state index in [1.165, 1.54) is 0 Å². The molecule has 0 saturated heterocycles. The summed E-state index contributed by atoms with van der Waals surface area (Å²) in [4.78, 5) is 34.4. The minimum absolute atomic E-state index is 0.192. The second-order valence-corrected chi connectivity index (χ2v) is 4.83. The summed E-state index contributed by atoms with van der Waals surface area (Å²) in [5.74, 6) is -1.57. The zero-order chi connectivity index (χ0) is 15.7. The number of carboxylic acid groups (broad SMARTS) is 1. The molecule has 116 valence electrons. The standard InChI is InChI=1S/C13H25N3O4/c1-5-7-14-11(17)9(4)15-13(20)16-10(12(18)19)8(3)6-2/h8-10H,5-7H2,1-4H3,(H,14,17)(H,18,19)(H2,15,16,20). The van der Waals surface area contributed by atoms with Gasteiger partial charge in [-0.15, -0.1) is 0 Å². The third-order valence-corrected chi connectivity index (χ3v) is 3.06. The topological polar surface area (TPSA) is 108 Å². The van der Waals surface area contributed by atoms with E-state index in [0.29, 0.717) is 13.0 Å². The highest BCUT2D eigenvalue weighted by atomic mass is 16.4. The molecular weight excluding hydrogens is 262 g/mol. The summed E-state index contributed by atoms with van der Waals surface area (Å²) in [6.07, 6.45) is 1.43. The van der Waals surface area contributed by atoms with Gasteiger partial charge in [0.25, 0.3) is 0 Å². The van der Waals surface area contributed by atoms with Crippen LogP contribution in [0.2, 0.25) is 0 Å². The molecule has 4 N–H and O–H groups in total. The number of carboxylic acids is 1. The van der Waals surface area contributed by atoms with Crippen molar-refractivity contribution in [3.8, 4) is 0 Å². The molecule has 0 aliphatic heterocycles. The van der Waals surface area contributed by atoms with Crippen LogP contribution in [0.25, 0.3) is 0 Å². The lowest BCUT2D eigenvalue weighted by Crippen LogP contribution is -2.53. The fourth-order valence-electron chi connectivity index (χ4n) is 1.53. The van der Waals surface area contributed by atoms with Crippen molar-refractivity contribution in [1.29, 1.82) is 0 Å². The molecule has 0 aromatic heterocycles. The smallest absolute Gasteiger partial charge is 0.326 e. The number of urea groups is 1. The van der Waals surface area contributed by atoms with Gasteiger partial charge in [-0.2, -0.15) is 0 Å². The van der Waals surface area contributed by atoms with Gasteiger partial charge in [-0.3, -0.25) is 4.79 Å².